The van der Waals surface area contributed by atoms with Crippen LogP contribution in [-0.2, 0) is 14.3 Å². The van der Waals surface area contributed by atoms with E-state index in [0.717, 1.165) is 6.42 Å². The highest BCUT2D eigenvalue weighted by Gasteiger charge is 2.06. The Morgan fingerprint density at radius 1 is 1.44 bits per heavy atom. The Labute approximate surface area is 108 Å². The molecule has 0 fully saturated rings. The normalized spacial score (nSPS) is 14.6. The van der Waals surface area contributed by atoms with Gasteiger partial charge < -0.3 is 14.8 Å². The van der Waals surface area contributed by atoms with E-state index < -0.39 is 0 Å². The van der Waals surface area contributed by atoms with Crippen LogP contribution >= 0.6 is 0 Å². The molecule has 4 heteroatoms. The Morgan fingerprint density at radius 2 is 2.33 bits per heavy atom. The van der Waals surface area contributed by atoms with E-state index in [9.17, 15) is 4.79 Å². The fourth-order valence-corrected chi connectivity index (χ4v) is 1.43. The summed E-state index contributed by atoms with van der Waals surface area (Å²) < 4.78 is 9.94. The number of hydrogen-bond donors (Lipinski definition) is 1. The van der Waals surface area contributed by atoms with Crippen molar-refractivity contribution in [2.75, 3.05) is 13.3 Å². The topological polar surface area (TPSA) is 47.6 Å². The molecule has 0 aromatic heterocycles. The van der Waals surface area contributed by atoms with Gasteiger partial charge in [-0.3, -0.25) is 4.79 Å². The minimum Gasteiger partial charge on any atom is -0.462 e. The summed E-state index contributed by atoms with van der Waals surface area (Å²) in [5, 5.41) is 2.70. The van der Waals surface area contributed by atoms with E-state index in [-0.39, 0.29) is 12.7 Å². The van der Waals surface area contributed by atoms with Gasteiger partial charge in [-0.1, -0.05) is 38.0 Å². The lowest BCUT2D eigenvalue weighted by molar-refractivity contribution is -0.116. The van der Waals surface area contributed by atoms with Gasteiger partial charge in [0.2, 0.25) is 12.7 Å². The van der Waals surface area contributed by atoms with E-state index >= 15 is 0 Å². The summed E-state index contributed by atoms with van der Waals surface area (Å²) >= 11 is 0. The second-order valence-electron chi connectivity index (χ2n) is 4.01. The Morgan fingerprint density at radius 3 is 3.06 bits per heavy atom. The second-order valence-corrected chi connectivity index (χ2v) is 4.01. The van der Waals surface area contributed by atoms with Gasteiger partial charge >= 0.3 is 0 Å². The molecule has 0 saturated heterocycles. The van der Waals surface area contributed by atoms with Gasteiger partial charge in [-0.25, -0.2) is 0 Å². The number of amides is 1. The SMILES string of the molecule is CCCCC/C=C/C=C/C(=O)NCC1=COCO1. The molecule has 0 atom stereocenters. The van der Waals surface area contributed by atoms with Crippen LogP contribution in [-0.4, -0.2) is 19.2 Å². The lowest BCUT2D eigenvalue weighted by Crippen LogP contribution is -2.23. The van der Waals surface area contributed by atoms with Crippen molar-refractivity contribution < 1.29 is 14.3 Å². The van der Waals surface area contributed by atoms with Crippen molar-refractivity contribution in [3.05, 3.63) is 36.3 Å². The number of hydrogen-bond acceptors (Lipinski definition) is 3. The smallest absolute Gasteiger partial charge is 0.244 e. The Kier molecular flexibility index (Phi) is 7.44. The first-order valence-electron chi connectivity index (χ1n) is 6.37. The average molecular weight is 251 g/mol. The predicted molar refractivity (Wildman–Crippen MR) is 70.6 cm³/mol. The van der Waals surface area contributed by atoms with Crippen LogP contribution in [0.5, 0.6) is 0 Å². The number of unbranched alkanes of at least 4 members (excludes halogenated alkanes) is 3. The van der Waals surface area contributed by atoms with E-state index in [0.29, 0.717) is 12.3 Å². The van der Waals surface area contributed by atoms with Gasteiger partial charge in [-0.05, 0) is 12.8 Å². The summed E-state index contributed by atoms with van der Waals surface area (Å²) in [5.41, 5.74) is 0. The van der Waals surface area contributed by atoms with Crippen molar-refractivity contribution in [2.24, 2.45) is 0 Å². The number of ether oxygens (including phenoxy) is 2. The van der Waals surface area contributed by atoms with Crippen LogP contribution in [0.2, 0.25) is 0 Å². The van der Waals surface area contributed by atoms with Gasteiger partial charge in [0.1, 0.15) is 6.26 Å². The van der Waals surface area contributed by atoms with Crippen molar-refractivity contribution in [1.82, 2.24) is 5.32 Å². The molecule has 0 spiro atoms. The van der Waals surface area contributed by atoms with Crippen LogP contribution in [0.15, 0.2) is 36.3 Å². The Bertz CT molecular complexity index is 332. The van der Waals surface area contributed by atoms with E-state index in [1.807, 2.05) is 6.08 Å². The zero-order chi connectivity index (χ0) is 13.1. The number of allylic oxidation sites excluding steroid dienone is 3. The van der Waals surface area contributed by atoms with E-state index in [1.54, 1.807) is 6.08 Å². The lowest BCUT2D eigenvalue weighted by atomic mass is 10.2. The second kappa shape index (κ2) is 9.33. The first-order chi connectivity index (χ1) is 8.83. The van der Waals surface area contributed by atoms with Gasteiger partial charge in [0.05, 0.1) is 6.54 Å². The molecule has 0 radical (unpaired) electrons. The van der Waals surface area contributed by atoms with Gasteiger partial charge in [0.15, 0.2) is 5.76 Å². The molecule has 18 heavy (non-hydrogen) atoms. The summed E-state index contributed by atoms with van der Waals surface area (Å²) in [6.45, 7) is 2.79. The molecule has 1 N–H and O–H groups in total. The Balaban J connectivity index is 2.07. The molecule has 0 aromatic rings. The van der Waals surface area contributed by atoms with E-state index in [1.165, 1.54) is 31.6 Å². The monoisotopic (exact) mass is 251 g/mol. The molecule has 1 rings (SSSR count). The molecule has 4 nitrogen and oxygen atoms in total. The highest BCUT2D eigenvalue weighted by atomic mass is 16.7. The van der Waals surface area contributed by atoms with Gasteiger partial charge in [-0.2, -0.15) is 0 Å². The summed E-state index contributed by atoms with van der Waals surface area (Å²) in [6.07, 6.45) is 13.5. The average Bonchev–Trinajstić information content (AvgIpc) is 2.88. The molecule has 1 heterocycles. The quantitative estimate of drug-likeness (QED) is 0.410. The number of carbonyl (C=O) groups excluding carboxylic acids is 1. The molecule has 1 amide bonds. The number of nitrogens with one attached hydrogen (secondary N) is 1. The molecule has 0 aliphatic carbocycles. The molecule has 0 saturated carbocycles. The fraction of sp³-hybridized carbons (Fsp3) is 0.500. The van der Waals surface area contributed by atoms with Crippen molar-refractivity contribution in [3.63, 3.8) is 0 Å². The van der Waals surface area contributed by atoms with Crippen molar-refractivity contribution >= 4 is 5.91 Å². The molecular formula is C14H21NO3. The zero-order valence-electron chi connectivity index (χ0n) is 10.9. The summed E-state index contributed by atoms with van der Waals surface area (Å²) in [7, 11) is 0. The number of carbonyl (C=O) groups is 1. The van der Waals surface area contributed by atoms with Gasteiger partial charge in [0, 0.05) is 6.08 Å². The Hall–Kier alpha value is -1.71. The third kappa shape index (κ3) is 6.78. The minimum atomic E-state index is -0.135. The van der Waals surface area contributed by atoms with Gasteiger partial charge in [0.25, 0.3) is 0 Å². The number of rotatable bonds is 8. The molecule has 1 aliphatic heterocycles. The van der Waals surface area contributed by atoms with Crippen molar-refractivity contribution in [3.8, 4) is 0 Å². The fourth-order valence-electron chi connectivity index (χ4n) is 1.43. The van der Waals surface area contributed by atoms with Crippen LogP contribution in [0.4, 0.5) is 0 Å². The molecule has 0 aromatic carbocycles. The van der Waals surface area contributed by atoms with Gasteiger partial charge in [-0.15, -0.1) is 0 Å². The molecule has 100 valence electrons. The highest BCUT2D eigenvalue weighted by Crippen LogP contribution is 2.04. The van der Waals surface area contributed by atoms with Crippen molar-refractivity contribution in [2.45, 2.75) is 32.6 Å². The first-order valence-corrected chi connectivity index (χ1v) is 6.37. The summed E-state index contributed by atoms with van der Waals surface area (Å²) in [4.78, 5) is 11.4. The first kappa shape index (κ1) is 14.4. The molecular weight excluding hydrogens is 230 g/mol. The van der Waals surface area contributed by atoms with Crippen LogP contribution in [0, 0.1) is 0 Å². The largest absolute Gasteiger partial charge is 0.462 e. The summed E-state index contributed by atoms with van der Waals surface area (Å²) in [5.74, 6) is 0.511. The lowest BCUT2D eigenvalue weighted by Gasteiger charge is -2.01. The van der Waals surface area contributed by atoms with E-state index in [2.05, 4.69) is 18.3 Å². The third-order valence-electron chi connectivity index (χ3n) is 2.43. The van der Waals surface area contributed by atoms with E-state index in [4.69, 9.17) is 9.47 Å². The third-order valence-corrected chi connectivity index (χ3v) is 2.43. The van der Waals surface area contributed by atoms with Crippen LogP contribution in [0.25, 0.3) is 0 Å². The maximum absolute atomic E-state index is 11.4. The minimum absolute atomic E-state index is 0.135. The standard InChI is InChI=1S/C14H21NO3/c1-2-3-4-5-6-7-8-9-14(16)15-10-13-11-17-12-18-13/h6-9,11H,2-5,10,12H2,1H3,(H,15,16)/b7-6+,9-8+. The van der Waals surface area contributed by atoms with Crippen molar-refractivity contribution in [1.29, 1.82) is 0 Å². The molecule has 1 aliphatic rings. The summed E-state index contributed by atoms with van der Waals surface area (Å²) in [6, 6.07) is 0. The predicted octanol–water partition coefficient (Wildman–Crippen LogP) is 2.64. The van der Waals surface area contributed by atoms with Crippen LogP contribution in [0.3, 0.4) is 0 Å². The maximum atomic E-state index is 11.4. The van der Waals surface area contributed by atoms with Crippen LogP contribution < -0.4 is 5.32 Å². The molecule has 0 bridgehead atoms. The zero-order valence-corrected chi connectivity index (χ0v) is 10.9. The molecule has 0 unspecified atom stereocenters. The highest BCUT2D eigenvalue weighted by molar-refractivity contribution is 5.87. The van der Waals surface area contributed by atoms with Crippen LogP contribution in [0.1, 0.15) is 32.6 Å². The maximum Gasteiger partial charge on any atom is 0.244 e.